The maximum absolute atomic E-state index is 13.1. The molecule has 0 aromatic carbocycles. The summed E-state index contributed by atoms with van der Waals surface area (Å²) in [5.41, 5.74) is 6.43. The lowest BCUT2D eigenvalue weighted by atomic mass is 9.91. The van der Waals surface area contributed by atoms with Crippen LogP contribution in [0.1, 0.15) is 58.6 Å². The van der Waals surface area contributed by atoms with E-state index < -0.39 is 6.10 Å². The number of aryl methyl sites for hydroxylation is 2. The van der Waals surface area contributed by atoms with Gasteiger partial charge in [0.2, 0.25) is 0 Å². The van der Waals surface area contributed by atoms with Crippen LogP contribution in [-0.4, -0.2) is 47.8 Å². The Morgan fingerprint density at radius 1 is 1.19 bits per heavy atom. The number of fused-ring (bicyclic) bond motifs is 1. The van der Waals surface area contributed by atoms with Crippen molar-refractivity contribution in [3.05, 3.63) is 64.9 Å². The SMILES string of the molecule is Cc1nc2c(cc1Cc1ccc(-c3cnn(C)c3)nc1)C(=O)N([C@H]1CCCC[C@@H]1O)C2. The molecule has 2 atom stereocenters. The maximum atomic E-state index is 13.1. The molecule has 4 heterocycles. The molecule has 3 aromatic rings. The van der Waals surface area contributed by atoms with Crippen LogP contribution in [-0.2, 0) is 20.0 Å². The minimum absolute atomic E-state index is 0.000231. The van der Waals surface area contributed by atoms with Crippen molar-refractivity contribution >= 4 is 5.91 Å². The number of carbonyl (C=O) groups is 1. The van der Waals surface area contributed by atoms with Crippen LogP contribution in [0.2, 0.25) is 0 Å². The summed E-state index contributed by atoms with van der Waals surface area (Å²) in [6, 6.07) is 5.96. The van der Waals surface area contributed by atoms with Crippen LogP contribution < -0.4 is 0 Å². The van der Waals surface area contributed by atoms with Crippen molar-refractivity contribution in [2.24, 2.45) is 7.05 Å². The van der Waals surface area contributed by atoms with Gasteiger partial charge in [-0.2, -0.15) is 5.10 Å². The van der Waals surface area contributed by atoms with Gasteiger partial charge in [0.05, 0.1) is 41.8 Å². The molecular formula is C24H27N5O2. The third-order valence-corrected chi connectivity index (χ3v) is 6.52. The van der Waals surface area contributed by atoms with E-state index in [9.17, 15) is 9.90 Å². The number of aliphatic hydroxyl groups excluding tert-OH is 1. The molecule has 1 fully saturated rings. The van der Waals surface area contributed by atoms with E-state index in [0.29, 0.717) is 18.5 Å². The average molecular weight is 418 g/mol. The lowest BCUT2D eigenvalue weighted by Gasteiger charge is -2.34. The highest BCUT2D eigenvalue weighted by Gasteiger charge is 2.38. The molecule has 5 rings (SSSR count). The first-order valence-electron chi connectivity index (χ1n) is 10.9. The van der Waals surface area contributed by atoms with Crippen molar-refractivity contribution in [3.8, 4) is 11.3 Å². The van der Waals surface area contributed by atoms with E-state index in [0.717, 1.165) is 59.5 Å². The third kappa shape index (κ3) is 3.74. The molecule has 1 aliphatic carbocycles. The Balaban J connectivity index is 1.36. The van der Waals surface area contributed by atoms with Gasteiger partial charge >= 0.3 is 0 Å². The summed E-state index contributed by atoms with van der Waals surface area (Å²) in [4.78, 5) is 24.3. The lowest BCUT2D eigenvalue weighted by Crippen LogP contribution is -2.45. The van der Waals surface area contributed by atoms with Crippen molar-refractivity contribution in [2.45, 2.75) is 57.7 Å². The van der Waals surface area contributed by atoms with E-state index in [1.807, 2.05) is 43.4 Å². The Morgan fingerprint density at radius 3 is 2.74 bits per heavy atom. The first-order chi connectivity index (χ1) is 15.0. The van der Waals surface area contributed by atoms with Gasteiger partial charge in [0.15, 0.2) is 0 Å². The van der Waals surface area contributed by atoms with E-state index in [1.54, 1.807) is 10.9 Å². The molecule has 1 amide bonds. The van der Waals surface area contributed by atoms with E-state index in [4.69, 9.17) is 4.98 Å². The second kappa shape index (κ2) is 7.89. The first-order valence-corrected chi connectivity index (χ1v) is 10.9. The van der Waals surface area contributed by atoms with E-state index >= 15 is 0 Å². The summed E-state index contributed by atoms with van der Waals surface area (Å²) in [7, 11) is 1.89. The summed E-state index contributed by atoms with van der Waals surface area (Å²) in [5, 5.41) is 14.6. The van der Waals surface area contributed by atoms with Gasteiger partial charge < -0.3 is 10.0 Å². The van der Waals surface area contributed by atoms with E-state index in [2.05, 4.69) is 16.1 Å². The van der Waals surface area contributed by atoms with Gasteiger partial charge in [0, 0.05) is 37.1 Å². The van der Waals surface area contributed by atoms with Gasteiger partial charge in [0.1, 0.15) is 0 Å². The topological polar surface area (TPSA) is 84.1 Å². The van der Waals surface area contributed by atoms with Crippen LogP contribution >= 0.6 is 0 Å². The number of nitrogens with zero attached hydrogens (tertiary/aromatic N) is 5. The number of rotatable bonds is 4. The normalized spacial score (nSPS) is 20.9. The molecule has 2 aliphatic rings. The Morgan fingerprint density at radius 2 is 2.03 bits per heavy atom. The fraction of sp³-hybridized carbons (Fsp3) is 0.417. The maximum Gasteiger partial charge on any atom is 0.256 e. The van der Waals surface area contributed by atoms with Gasteiger partial charge in [-0.3, -0.25) is 19.4 Å². The highest BCUT2D eigenvalue weighted by Crippen LogP contribution is 2.32. The largest absolute Gasteiger partial charge is 0.391 e. The molecular weight excluding hydrogens is 390 g/mol. The summed E-state index contributed by atoms with van der Waals surface area (Å²) in [6.45, 7) is 2.49. The minimum atomic E-state index is -0.433. The van der Waals surface area contributed by atoms with E-state index in [1.165, 1.54) is 0 Å². The Hall–Kier alpha value is -3.06. The smallest absolute Gasteiger partial charge is 0.256 e. The summed E-state index contributed by atoms with van der Waals surface area (Å²) in [5.74, 6) is -0.000231. The molecule has 0 spiro atoms. The monoisotopic (exact) mass is 417 g/mol. The van der Waals surface area contributed by atoms with Gasteiger partial charge in [0.25, 0.3) is 5.91 Å². The Bertz CT molecular complexity index is 1120. The number of carbonyl (C=O) groups excluding carboxylic acids is 1. The average Bonchev–Trinajstić information content (AvgIpc) is 3.33. The van der Waals surface area contributed by atoms with Crippen molar-refractivity contribution < 1.29 is 9.90 Å². The molecule has 0 unspecified atom stereocenters. The molecule has 0 radical (unpaired) electrons. The Labute approximate surface area is 181 Å². The summed E-state index contributed by atoms with van der Waals surface area (Å²) >= 11 is 0. The molecule has 7 nitrogen and oxygen atoms in total. The minimum Gasteiger partial charge on any atom is -0.391 e. The van der Waals surface area contributed by atoms with Crippen molar-refractivity contribution in [1.82, 2.24) is 24.6 Å². The quantitative estimate of drug-likeness (QED) is 0.705. The number of hydrogen-bond donors (Lipinski definition) is 1. The fourth-order valence-electron chi connectivity index (χ4n) is 4.77. The van der Waals surface area contributed by atoms with Gasteiger partial charge in [-0.15, -0.1) is 0 Å². The van der Waals surface area contributed by atoms with E-state index in [-0.39, 0.29) is 11.9 Å². The summed E-state index contributed by atoms with van der Waals surface area (Å²) < 4.78 is 1.76. The van der Waals surface area contributed by atoms with Crippen molar-refractivity contribution in [1.29, 1.82) is 0 Å². The zero-order valence-corrected chi connectivity index (χ0v) is 18.0. The van der Waals surface area contributed by atoms with Gasteiger partial charge in [-0.05, 0) is 43.0 Å². The second-order valence-corrected chi connectivity index (χ2v) is 8.71. The number of aromatic nitrogens is 4. The molecule has 0 bridgehead atoms. The van der Waals surface area contributed by atoms with Crippen LogP contribution in [0, 0.1) is 6.92 Å². The molecule has 0 saturated heterocycles. The van der Waals surface area contributed by atoms with Crippen LogP contribution in [0.5, 0.6) is 0 Å². The molecule has 7 heteroatoms. The molecule has 3 aromatic heterocycles. The van der Waals surface area contributed by atoms with Crippen LogP contribution in [0.3, 0.4) is 0 Å². The highest BCUT2D eigenvalue weighted by molar-refractivity contribution is 5.98. The van der Waals surface area contributed by atoms with Gasteiger partial charge in [-0.1, -0.05) is 18.9 Å². The predicted molar refractivity (Wildman–Crippen MR) is 116 cm³/mol. The Kier molecular flexibility index (Phi) is 5.06. The van der Waals surface area contributed by atoms with Gasteiger partial charge in [-0.25, -0.2) is 0 Å². The van der Waals surface area contributed by atoms with Crippen LogP contribution in [0.4, 0.5) is 0 Å². The molecule has 160 valence electrons. The predicted octanol–water partition coefficient (Wildman–Crippen LogP) is 3.04. The summed E-state index contributed by atoms with van der Waals surface area (Å²) in [6.07, 6.45) is 9.58. The molecule has 1 aliphatic heterocycles. The van der Waals surface area contributed by atoms with Crippen LogP contribution in [0.15, 0.2) is 36.8 Å². The third-order valence-electron chi connectivity index (χ3n) is 6.52. The van der Waals surface area contributed by atoms with Crippen molar-refractivity contribution in [2.75, 3.05) is 0 Å². The first kappa shape index (κ1) is 19.9. The lowest BCUT2D eigenvalue weighted by molar-refractivity contribution is 0.0189. The number of pyridine rings is 2. The second-order valence-electron chi connectivity index (χ2n) is 8.71. The zero-order chi connectivity index (χ0) is 21.5. The highest BCUT2D eigenvalue weighted by atomic mass is 16.3. The van der Waals surface area contributed by atoms with Crippen molar-refractivity contribution in [3.63, 3.8) is 0 Å². The van der Waals surface area contributed by atoms with Crippen LogP contribution in [0.25, 0.3) is 11.3 Å². The fourth-order valence-corrected chi connectivity index (χ4v) is 4.77. The standard InChI is InChI=1S/C24H27N5O2/c1-15-17(9-16-7-8-20(25-11-16)18-12-26-28(2)13-18)10-19-21(27-15)14-29(24(19)31)22-5-3-4-6-23(22)30/h7-8,10-13,22-23,30H,3-6,9,14H2,1-2H3/t22-,23-/m0/s1. The number of amides is 1. The number of aliphatic hydroxyl groups is 1. The molecule has 1 saturated carbocycles. The molecule has 31 heavy (non-hydrogen) atoms. The zero-order valence-electron chi connectivity index (χ0n) is 18.0. The molecule has 1 N–H and O–H groups in total. The number of hydrogen-bond acceptors (Lipinski definition) is 5.